The van der Waals surface area contributed by atoms with Gasteiger partial charge in [-0.05, 0) is 56.9 Å². The predicted molar refractivity (Wildman–Crippen MR) is 128 cm³/mol. The molecule has 0 aliphatic carbocycles. The van der Waals surface area contributed by atoms with Gasteiger partial charge in [-0.15, -0.1) is 0 Å². The van der Waals surface area contributed by atoms with E-state index in [-0.39, 0.29) is 25.0 Å². The Morgan fingerprint density at radius 1 is 1.26 bits per heavy atom. The predicted octanol–water partition coefficient (Wildman–Crippen LogP) is 2.37. The Balaban J connectivity index is 1.77. The number of amides is 2. The van der Waals surface area contributed by atoms with Gasteiger partial charge in [-0.2, -0.15) is 0 Å². The van der Waals surface area contributed by atoms with Gasteiger partial charge in [0.2, 0.25) is 11.8 Å². The molecule has 2 N–H and O–H groups in total. The molecule has 2 unspecified atom stereocenters. The van der Waals surface area contributed by atoms with E-state index in [4.69, 9.17) is 14.2 Å². The molecule has 1 spiro atoms. The van der Waals surface area contributed by atoms with Crippen LogP contribution in [0.5, 0.6) is 5.75 Å². The van der Waals surface area contributed by atoms with Gasteiger partial charge in [0.15, 0.2) is 0 Å². The molecular weight excluding hydrogens is 452 g/mol. The maximum atomic E-state index is 14.0. The fraction of sp³-hybridized carbons (Fsp3) is 0.654. The average molecular weight is 489 g/mol. The lowest BCUT2D eigenvalue weighted by atomic mass is 9.66. The largest absolute Gasteiger partial charge is 0.497 e. The quantitative estimate of drug-likeness (QED) is 0.513. The van der Waals surface area contributed by atoms with Gasteiger partial charge in [-0.3, -0.25) is 14.4 Å². The van der Waals surface area contributed by atoms with Crippen molar-refractivity contribution in [1.82, 2.24) is 4.90 Å². The van der Waals surface area contributed by atoms with Crippen molar-refractivity contribution < 1.29 is 33.7 Å². The first kappa shape index (κ1) is 25.4. The number of rotatable bonds is 9. The van der Waals surface area contributed by atoms with Crippen molar-refractivity contribution in [3.8, 4) is 5.75 Å². The third-order valence-corrected chi connectivity index (χ3v) is 8.21. The zero-order chi connectivity index (χ0) is 25.5. The number of aliphatic hydroxyl groups is 1. The van der Waals surface area contributed by atoms with E-state index in [1.54, 1.807) is 38.3 Å². The van der Waals surface area contributed by atoms with E-state index in [2.05, 4.69) is 5.32 Å². The Hall–Kier alpha value is -2.65. The van der Waals surface area contributed by atoms with Gasteiger partial charge in [0.1, 0.15) is 23.3 Å². The van der Waals surface area contributed by atoms with Gasteiger partial charge in [-0.25, -0.2) is 0 Å². The molecule has 192 valence electrons. The van der Waals surface area contributed by atoms with E-state index >= 15 is 0 Å². The van der Waals surface area contributed by atoms with Crippen molar-refractivity contribution in [1.29, 1.82) is 0 Å². The van der Waals surface area contributed by atoms with Crippen molar-refractivity contribution >= 4 is 23.5 Å². The molecule has 35 heavy (non-hydrogen) atoms. The van der Waals surface area contributed by atoms with Crippen LogP contribution in [-0.4, -0.2) is 71.4 Å². The number of likely N-dealkylation sites (tertiary alicyclic amines) is 1. The molecule has 0 aromatic heterocycles. The van der Waals surface area contributed by atoms with Gasteiger partial charge in [0.05, 0.1) is 37.9 Å². The molecule has 0 saturated carbocycles. The minimum atomic E-state index is -1.17. The summed E-state index contributed by atoms with van der Waals surface area (Å²) in [7, 11) is 1.56. The minimum Gasteiger partial charge on any atom is -0.497 e. The third kappa shape index (κ3) is 3.89. The number of nitrogens with one attached hydrogen (secondary N) is 1. The topological polar surface area (TPSA) is 114 Å². The smallest absolute Gasteiger partial charge is 0.312 e. The number of anilines is 1. The molecule has 3 fully saturated rings. The zero-order valence-electron chi connectivity index (χ0n) is 21.1. The lowest BCUT2D eigenvalue weighted by molar-refractivity contribution is -0.160. The van der Waals surface area contributed by atoms with E-state index in [1.165, 1.54) is 4.90 Å². The molecule has 1 aromatic rings. The van der Waals surface area contributed by atoms with Gasteiger partial charge in [-0.1, -0.05) is 20.3 Å². The number of nitrogens with zero attached hydrogens (tertiary/aromatic N) is 1. The third-order valence-electron chi connectivity index (χ3n) is 8.21. The molecular formula is C26H36N2O7. The standard InChI is InChI=1S/C26H36N2O7/c1-6-15(3)18(14-29)28-21(22(30)27-16-8-10-17(33-5)11-9-16)26-13-12-25(4,35-26)20(19(26)23(28)31)24(32)34-7-2/h8-11,15,18-21,29H,6-7,12-14H2,1-5H3,(H,27,30)/t15-,18-,19-,20+,21?,25-,26?/m0/s1. The van der Waals surface area contributed by atoms with Crippen molar-refractivity contribution in [3.05, 3.63) is 24.3 Å². The Bertz CT molecular complexity index is 982. The second kappa shape index (κ2) is 9.43. The number of hydrogen-bond donors (Lipinski definition) is 2. The zero-order valence-corrected chi connectivity index (χ0v) is 21.1. The Kier molecular flexibility index (Phi) is 6.85. The number of carbonyl (C=O) groups excluding carboxylic acids is 3. The van der Waals surface area contributed by atoms with Crippen LogP contribution in [0.2, 0.25) is 0 Å². The highest BCUT2D eigenvalue weighted by Crippen LogP contribution is 2.63. The number of esters is 1. The summed E-state index contributed by atoms with van der Waals surface area (Å²) in [4.78, 5) is 42.5. The van der Waals surface area contributed by atoms with Crippen LogP contribution < -0.4 is 10.1 Å². The van der Waals surface area contributed by atoms with Crippen LogP contribution in [0, 0.1) is 17.8 Å². The molecule has 0 radical (unpaired) electrons. The number of fused-ring (bicyclic) bond motifs is 1. The second-order valence-corrected chi connectivity index (χ2v) is 10.1. The van der Waals surface area contributed by atoms with Crippen LogP contribution in [-0.2, 0) is 23.9 Å². The van der Waals surface area contributed by atoms with E-state index < -0.39 is 47.0 Å². The Labute approximate surface area is 206 Å². The molecule has 3 aliphatic rings. The van der Waals surface area contributed by atoms with Crippen molar-refractivity contribution in [2.45, 2.75) is 70.2 Å². The fourth-order valence-electron chi connectivity index (χ4n) is 6.31. The highest BCUT2D eigenvalue weighted by Gasteiger charge is 2.78. The molecule has 3 saturated heterocycles. The number of methoxy groups -OCH3 is 1. The minimum absolute atomic E-state index is 0.0655. The van der Waals surface area contributed by atoms with Crippen molar-refractivity contribution in [3.63, 3.8) is 0 Å². The van der Waals surface area contributed by atoms with E-state index in [0.717, 1.165) is 0 Å². The molecule has 9 nitrogen and oxygen atoms in total. The summed E-state index contributed by atoms with van der Waals surface area (Å²) >= 11 is 0. The van der Waals surface area contributed by atoms with Crippen LogP contribution in [0.4, 0.5) is 5.69 Å². The average Bonchev–Trinajstić information content (AvgIpc) is 3.41. The van der Waals surface area contributed by atoms with Gasteiger partial charge >= 0.3 is 5.97 Å². The monoisotopic (exact) mass is 488 g/mol. The first-order valence-corrected chi connectivity index (χ1v) is 12.4. The number of aliphatic hydroxyl groups excluding tert-OH is 1. The fourth-order valence-corrected chi connectivity index (χ4v) is 6.31. The van der Waals surface area contributed by atoms with E-state index in [9.17, 15) is 19.5 Å². The lowest BCUT2D eigenvalue weighted by Gasteiger charge is -2.39. The molecule has 2 bridgehead atoms. The summed E-state index contributed by atoms with van der Waals surface area (Å²) in [5, 5.41) is 13.2. The number of ether oxygens (including phenoxy) is 3. The molecule has 4 rings (SSSR count). The molecule has 7 atom stereocenters. The summed E-state index contributed by atoms with van der Waals surface area (Å²) in [5.41, 5.74) is -1.50. The molecule has 1 aromatic carbocycles. The van der Waals surface area contributed by atoms with Crippen LogP contribution in [0.25, 0.3) is 0 Å². The highest BCUT2D eigenvalue weighted by atomic mass is 16.6. The number of carbonyl (C=O) groups is 3. The summed E-state index contributed by atoms with van der Waals surface area (Å²) in [6.07, 6.45) is 1.71. The second-order valence-electron chi connectivity index (χ2n) is 10.1. The Morgan fingerprint density at radius 3 is 2.51 bits per heavy atom. The summed E-state index contributed by atoms with van der Waals surface area (Å²) in [5.74, 6) is -2.27. The number of benzene rings is 1. The molecule has 3 aliphatic heterocycles. The SMILES string of the molecule is CCOC(=O)[C@H]1[C@H]2C(=O)N([C@@H](CO)[C@@H](C)CC)C(C(=O)Nc3ccc(OC)cc3)C23CC[C@]1(C)O3. The summed E-state index contributed by atoms with van der Waals surface area (Å²) in [6, 6.07) is 5.34. The van der Waals surface area contributed by atoms with Gasteiger partial charge in [0.25, 0.3) is 0 Å². The summed E-state index contributed by atoms with van der Waals surface area (Å²) in [6.45, 7) is 7.37. The van der Waals surface area contributed by atoms with E-state index in [1.807, 2.05) is 20.8 Å². The number of hydrogen-bond acceptors (Lipinski definition) is 7. The normalized spacial score (nSPS) is 32.8. The van der Waals surface area contributed by atoms with Crippen LogP contribution in [0.1, 0.15) is 47.0 Å². The lowest BCUT2D eigenvalue weighted by Crippen LogP contribution is -2.57. The van der Waals surface area contributed by atoms with Gasteiger partial charge in [0, 0.05) is 5.69 Å². The molecule has 2 amide bonds. The van der Waals surface area contributed by atoms with E-state index in [0.29, 0.717) is 30.7 Å². The Morgan fingerprint density at radius 2 is 1.94 bits per heavy atom. The maximum Gasteiger partial charge on any atom is 0.312 e. The van der Waals surface area contributed by atoms with Crippen LogP contribution in [0.15, 0.2) is 24.3 Å². The first-order chi connectivity index (χ1) is 16.7. The van der Waals surface area contributed by atoms with Gasteiger partial charge < -0.3 is 29.5 Å². The van der Waals surface area contributed by atoms with Crippen LogP contribution >= 0.6 is 0 Å². The molecule has 9 heteroatoms. The highest BCUT2D eigenvalue weighted by molar-refractivity contribution is 6.03. The first-order valence-electron chi connectivity index (χ1n) is 12.4. The van der Waals surface area contributed by atoms with Crippen LogP contribution in [0.3, 0.4) is 0 Å². The maximum absolute atomic E-state index is 14.0. The molecule has 3 heterocycles. The van der Waals surface area contributed by atoms with Crippen molar-refractivity contribution in [2.24, 2.45) is 17.8 Å². The summed E-state index contributed by atoms with van der Waals surface area (Å²) < 4.78 is 17.1. The van der Waals surface area contributed by atoms with Crippen molar-refractivity contribution in [2.75, 3.05) is 25.6 Å².